The maximum absolute atomic E-state index is 4.53. The summed E-state index contributed by atoms with van der Waals surface area (Å²) in [7, 11) is 0. The Morgan fingerprint density at radius 2 is 2.00 bits per heavy atom. The van der Waals surface area contributed by atoms with Gasteiger partial charge in [0.1, 0.15) is 0 Å². The van der Waals surface area contributed by atoms with Crippen LogP contribution in [-0.2, 0) is 6.54 Å². The summed E-state index contributed by atoms with van der Waals surface area (Å²) in [5.74, 6) is 0.952. The number of nitrogens with one attached hydrogen (secondary N) is 1. The molecule has 3 fully saturated rings. The quantitative estimate of drug-likeness (QED) is 0.826. The first-order chi connectivity index (χ1) is 9.79. The molecule has 3 nitrogen and oxygen atoms in total. The zero-order valence-electron chi connectivity index (χ0n) is 12.4. The van der Waals surface area contributed by atoms with Crippen LogP contribution in [0.1, 0.15) is 49.8 Å². The number of pyridine rings is 1. The summed E-state index contributed by atoms with van der Waals surface area (Å²) < 4.78 is 0. The highest BCUT2D eigenvalue weighted by Crippen LogP contribution is 2.39. The Bertz CT molecular complexity index is 487. The predicted molar refractivity (Wildman–Crippen MR) is 81.9 cm³/mol. The van der Waals surface area contributed by atoms with Crippen molar-refractivity contribution in [3.05, 3.63) is 23.5 Å². The first-order valence-corrected chi connectivity index (χ1v) is 8.25. The molecule has 0 spiro atoms. The van der Waals surface area contributed by atoms with Crippen LogP contribution >= 0.6 is 0 Å². The normalized spacial score (nSPS) is 22.1. The van der Waals surface area contributed by atoms with Gasteiger partial charge in [0.05, 0.1) is 0 Å². The average molecular weight is 271 g/mol. The molecule has 1 aromatic rings. The molecule has 108 valence electrons. The molecule has 0 amide bonds. The number of aryl methyl sites for hydroxylation is 1. The Morgan fingerprint density at radius 1 is 1.20 bits per heavy atom. The van der Waals surface area contributed by atoms with E-state index in [0.29, 0.717) is 0 Å². The molecule has 1 N–H and O–H groups in total. The van der Waals surface area contributed by atoms with Crippen LogP contribution in [-0.4, -0.2) is 23.6 Å². The number of anilines is 1. The van der Waals surface area contributed by atoms with E-state index in [0.717, 1.165) is 30.2 Å². The lowest BCUT2D eigenvalue weighted by atomic mass is 10.1. The highest BCUT2D eigenvalue weighted by Gasteiger charge is 2.35. The maximum Gasteiger partial charge on any atom is 0.0448 e. The van der Waals surface area contributed by atoms with Crippen molar-refractivity contribution < 1.29 is 0 Å². The van der Waals surface area contributed by atoms with Gasteiger partial charge in [-0.25, -0.2) is 0 Å². The Balaban J connectivity index is 1.56. The van der Waals surface area contributed by atoms with Crippen LogP contribution in [0.25, 0.3) is 0 Å². The zero-order chi connectivity index (χ0) is 13.5. The number of aromatic nitrogens is 1. The van der Waals surface area contributed by atoms with Gasteiger partial charge in [-0.3, -0.25) is 4.98 Å². The molecule has 20 heavy (non-hydrogen) atoms. The van der Waals surface area contributed by atoms with Crippen molar-refractivity contribution in [2.24, 2.45) is 5.92 Å². The third-order valence-corrected chi connectivity index (χ3v) is 4.71. The van der Waals surface area contributed by atoms with Gasteiger partial charge in [0.2, 0.25) is 0 Å². The van der Waals surface area contributed by atoms with Gasteiger partial charge in [0, 0.05) is 48.3 Å². The molecule has 1 aromatic heterocycles. The lowest BCUT2D eigenvalue weighted by molar-refractivity contribution is 0.670. The minimum Gasteiger partial charge on any atom is -0.368 e. The second kappa shape index (κ2) is 5.03. The highest BCUT2D eigenvalue weighted by molar-refractivity contribution is 5.55. The van der Waals surface area contributed by atoms with Crippen molar-refractivity contribution in [3.63, 3.8) is 0 Å². The Hall–Kier alpha value is -1.09. The van der Waals surface area contributed by atoms with E-state index in [9.17, 15) is 0 Å². The van der Waals surface area contributed by atoms with Gasteiger partial charge in [-0.15, -0.1) is 0 Å². The first-order valence-electron chi connectivity index (χ1n) is 8.25. The van der Waals surface area contributed by atoms with Crippen LogP contribution in [0.15, 0.2) is 12.3 Å². The molecule has 3 saturated carbocycles. The summed E-state index contributed by atoms with van der Waals surface area (Å²) in [5.41, 5.74) is 4.01. The highest BCUT2D eigenvalue weighted by atomic mass is 15.2. The molecule has 4 rings (SSSR count). The fraction of sp³-hybridized carbons (Fsp3) is 0.706. The summed E-state index contributed by atoms with van der Waals surface area (Å²) in [5, 5.41) is 3.65. The average Bonchev–Trinajstić information content (AvgIpc) is 3.24. The number of hydrogen-bond acceptors (Lipinski definition) is 3. The van der Waals surface area contributed by atoms with E-state index in [1.165, 1.54) is 56.3 Å². The summed E-state index contributed by atoms with van der Waals surface area (Å²) in [6.07, 6.45) is 10.4. The molecule has 0 aliphatic heterocycles. The molecule has 0 aromatic carbocycles. The standard InChI is InChI=1S/C17H25N3/c1-12-8-17(14(9-18-12)10-19-15-4-5-15)20(16-6-7-16)11-13-2-3-13/h8-9,13,15-16,19H,2-7,10-11H2,1H3. The van der Waals surface area contributed by atoms with Crippen molar-refractivity contribution in [1.29, 1.82) is 0 Å². The van der Waals surface area contributed by atoms with Crippen molar-refractivity contribution in [2.75, 3.05) is 11.4 Å². The second-order valence-electron chi connectivity index (χ2n) is 6.94. The first kappa shape index (κ1) is 12.6. The van der Waals surface area contributed by atoms with Gasteiger partial charge in [0.15, 0.2) is 0 Å². The van der Waals surface area contributed by atoms with E-state index in [1.54, 1.807) is 0 Å². The van der Waals surface area contributed by atoms with E-state index in [1.807, 2.05) is 0 Å². The van der Waals surface area contributed by atoms with Crippen LogP contribution in [0.4, 0.5) is 5.69 Å². The molecule has 3 heteroatoms. The SMILES string of the molecule is Cc1cc(N(CC2CC2)C2CC2)c(CNC2CC2)cn1. The third-order valence-electron chi connectivity index (χ3n) is 4.71. The van der Waals surface area contributed by atoms with Crippen molar-refractivity contribution in [1.82, 2.24) is 10.3 Å². The predicted octanol–water partition coefficient (Wildman–Crippen LogP) is 3.02. The van der Waals surface area contributed by atoms with Crippen LogP contribution in [0.2, 0.25) is 0 Å². The molecular weight excluding hydrogens is 246 g/mol. The molecule has 0 bridgehead atoms. The van der Waals surface area contributed by atoms with Gasteiger partial charge in [-0.2, -0.15) is 0 Å². The molecule has 3 aliphatic rings. The second-order valence-corrected chi connectivity index (χ2v) is 6.94. The van der Waals surface area contributed by atoms with Crippen LogP contribution in [0.3, 0.4) is 0 Å². The van der Waals surface area contributed by atoms with Gasteiger partial charge in [-0.05, 0) is 57.4 Å². The molecular formula is C17H25N3. The Morgan fingerprint density at radius 3 is 2.65 bits per heavy atom. The zero-order valence-corrected chi connectivity index (χ0v) is 12.4. The van der Waals surface area contributed by atoms with Crippen LogP contribution in [0.5, 0.6) is 0 Å². The topological polar surface area (TPSA) is 28.2 Å². The van der Waals surface area contributed by atoms with Gasteiger partial charge >= 0.3 is 0 Å². The van der Waals surface area contributed by atoms with Gasteiger partial charge in [-0.1, -0.05) is 0 Å². The Labute approximate surface area is 121 Å². The fourth-order valence-electron chi connectivity index (χ4n) is 2.93. The third kappa shape index (κ3) is 2.98. The molecule has 0 unspecified atom stereocenters. The summed E-state index contributed by atoms with van der Waals surface area (Å²) >= 11 is 0. The minimum atomic E-state index is 0.766. The van der Waals surface area contributed by atoms with Crippen molar-refractivity contribution in [3.8, 4) is 0 Å². The van der Waals surface area contributed by atoms with E-state index >= 15 is 0 Å². The maximum atomic E-state index is 4.53. The van der Waals surface area contributed by atoms with E-state index in [-0.39, 0.29) is 0 Å². The molecule has 3 aliphatic carbocycles. The van der Waals surface area contributed by atoms with E-state index in [2.05, 4.69) is 34.4 Å². The number of rotatable bonds is 7. The fourth-order valence-corrected chi connectivity index (χ4v) is 2.93. The molecule has 1 heterocycles. The van der Waals surface area contributed by atoms with E-state index in [4.69, 9.17) is 0 Å². The Kier molecular flexibility index (Phi) is 3.18. The molecule has 0 atom stereocenters. The van der Waals surface area contributed by atoms with Crippen LogP contribution in [0, 0.1) is 12.8 Å². The van der Waals surface area contributed by atoms with Crippen molar-refractivity contribution in [2.45, 2.75) is 64.1 Å². The molecule has 0 saturated heterocycles. The number of nitrogens with zero attached hydrogens (tertiary/aromatic N) is 2. The largest absolute Gasteiger partial charge is 0.368 e. The van der Waals surface area contributed by atoms with Gasteiger partial charge in [0.25, 0.3) is 0 Å². The van der Waals surface area contributed by atoms with Gasteiger partial charge < -0.3 is 10.2 Å². The summed E-state index contributed by atoms with van der Waals surface area (Å²) in [6, 6.07) is 3.88. The lowest BCUT2D eigenvalue weighted by Crippen LogP contribution is -2.30. The summed E-state index contributed by atoms with van der Waals surface area (Å²) in [4.78, 5) is 7.22. The van der Waals surface area contributed by atoms with E-state index < -0.39 is 0 Å². The van der Waals surface area contributed by atoms with Crippen molar-refractivity contribution >= 4 is 5.69 Å². The van der Waals surface area contributed by atoms with Crippen LogP contribution < -0.4 is 10.2 Å². The summed E-state index contributed by atoms with van der Waals surface area (Å²) in [6.45, 7) is 4.37. The number of hydrogen-bond donors (Lipinski definition) is 1. The molecule has 0 radical (unpaired) electrons. The minimum absolute atomic E-state index is 0.766. The smallest absolute Gasteiger partial charge is 0.0448 e. The lowest BCUT2D eigenvalue weighted by Gasteiger charge is -2.27. The monoisotopic (exact) mass is 271 g/mol.